The topological polar surface area (TPSA) is 37.3 Å². The summed E-state index contributed by atoms with van der Waals surface area (Å²) in [4.78, 5) is 11.5. The molecule has 1 aliphatic carbocycles. The van der Waals surface area contributed by atoms with Gasteiger partial charge in [0, 0.05) is 0 Å². The molecule has 1 saturated carbocycles. The predicted molar refractivity (Wildman–Crippen MR) is 66.5 cm³/mol. The molecule has 0 spiro atoms. The van der Waals surface area contributed by atoms with E-state index in [9.17, 15) is 9.90 Å². The summed E-state index contributed by atoms with van der Waals surface area (Å²) in [6.45, 7) is 6.58. The molecule has 0 bridgehead atoms. The lowest BCUT2D eigenvalue weighted by Crippen LogP contribution is -2.31. The lowest BCUT2D eigenvalue weighted by Gasteiger charge is -2.31. The van der Waals surface area contributed by atoms with Crippen LogP contribution in [0.3, 0.4) is 0 Å². The molecule has 0 aromatic carbocycles. The van der Waals surface area contributed by atoms with Crippen LogP contribution < -0.4 is 0 Å². The van der Waals surface area contributed by atoms with Crippen molar-refractivity contribution >= 4 is 5.97 Å². The van der Waals surface area contributed by atoms with Gasteiger partial charge in [-0.1, -0.05) is 46.5 Å². The van der Waals surface area contributed by atoms with Gasteiger partial charge in [-0.2, -0.15) is 0 Å². The molecule has 0 aromatic rings. The fraction of sp³-hybridized carbons (Fsp3) is 0.929. The molecule has 0 aliphatic heterocycles. The first-order chi connectivity index (χ1) is 7.36. The van der Waals surface area contributed by atoms with E-state index in [1.807, 2.05) is 0 Å². The van der Waals surface area contributed by atoms with Crippen molar-refractivity contribution in [3.63, 3.8) is 0 Å². The van der Waals surface area contributed by atoms with Crippen LogP contribution in [0, 0.1) is 10.8 Å². The fourth-order valence-electron chi connectivity index (χ4n) is 2.59. The first kappa shape index (κ1) is 13.5. The summed E-state index contributed by atoms with van der Waals surface area (Å²) in [7, 11) is 0. The van der Waals surface area contributed by atoms with E-state index in [1.165, 1.54) is 12.8 Å². The van der Waals surface area contributed by atoms with E-state index >= 15 is 0 Å². The van der Waals surface area contributed by atoms with E-state index in [1.54, 1.807) is 0 Å². The van der Waals surface area contributed by atoms with Crippen LogP contribution in [0.2, 0.25) is 0 Å². The molecule has 16 heavy (non-hydrogen) atoms. The van der Waals surface area contributed by atoms with Gasteiger partial charge < -0.3 is 5.11 Å². The average Bonchev–Trinajstić information content (AvgIpc) is 2.39. The molecule has 0 aromatic heterocycles. The van der Waals surface area contributed by atoms with Gasteiger partial charge >= 0.3 is 5.97 Å². The molecule has 0 saturated heterocycles. The second kappa shape index (κ2) is 5.20. The van der Waals surface area contributed by atoms with Crippen molar-refractivity contribution in [2.75, 3.05) is 0 Å². The number of carboxylic acid groups (broad SMARTS) is 1. The number of hydrogen-bond donors (Lipinski definition) is 1. The zero-order valence-electron chi connectivity index (χ0n) is 11.0. The molecule has 0 atom stereocenters. The van der Waals surface area contributed by atoms with E-state index < -0.39 is 11.4 Å². The molecule has 1 fully saturated rings. The Labute approximate surface area is 99.4 Å². The van der Waals surface area contributed by atoms with Crippen LogP contribution in [0.25, 0.3) is 0 Å². The van der Waals surface area contributed by atoms with Crippen molar-refractivity contribution in [2.24, 2.45) is 10.8 Å². The summed E-state index contributed by atoms with van der Waals surface area (Å²) in [6.07, 6.45) is 8.25. The highest BCUT2D eigenvalue weighted by Crippen LogP contribution is 2.41. The highest BCUT2D eigenvalue weighted by molar-refractivity contribution is 5.74. The molecule has 1 aliphatic rings. The van der Waals surface area contributed by atoms with Crippen molar-refractivity contribution in [2.45, 2.75) is 72.1 Å². The van der Waals surface area contributed by atoms with Gasteiger partial charge in [-0.05, 0) is 31.1 Å². The van der Waals surface area contributed by atoms with Gasteiger partial charge in [0.15, 0.2) is 0 Å². The van der Waals surface area contributed by atoms with Crippen LogP contribution in [0.4, 0.5) is 0 Å². The normalized spacial score (nSPS) is 21.4. The Kier molecular flexibility index (Phi) is 4.40. The van der Waals surface area contributed by atoms with E-state index in [0.717, 1.165) is 38.5 Å². The molecule has 0 unspecified atom stereocenters. The predicted octanol–water partition coefficient (Wildman–Crippen LogP) is 4.24. The monoisotopic (exact) mass is 226 g/mol. The lowest BCUT2D eigenvalue weighted by atomic mass is 9.73. The van der Waals surface area contributed by atoms with Gasteiger partial charge in [0.2, 0.25) is 0 Å². The third-order valence-electron chi connectivity index (χ3n) is 3.87. The van der Waals surface area contributed by atoms with Gasteiger partial charge in [0.25, 0.3) is 0 Å². The first-order valence-corrected chi connectivity index (χ1v) is 6.59. The van der Waals surface area contributed by atoms with Gasteiger partial charge in [-0.15, -0.1) is 0 Å². The Balaban J connectivity index is 2.67. The van der Waals surface area contributed by atoms with Crippen LogP contribution in [0.5, 0.6) is 0 Å². The fourth-order valence-corrected chi connectivity index (χ4v) is 2.59. The minimum atomic E-state index is -0.557. The van der Waals surface area contributed by atoms with Gasteiger partial charge in [0.1, 0.15) is 0 Å². The highest BCUT2D eigenvalue weighted by Gasteiger charge is 2.38. The molecular weight excluding hydrogens is 200 g/mol. The van der Waals surface area contributed by atoms with Crippen LogP contribution in [0.15, 0.2) is 0 Å². The number of carbonyl (C=O) groups is 1. The van der Waals surface area contributed by atoms with Crippen LogP contribution in [-0.4, -0.2) is 11.1 Å². The molecule has 1 N–H and O–H groups in total. The first-order valence-electron chi connectivity index (χ1n) is 6.59. The minimum Gasteiger partial charge on any atom is -0.481 e. The van der Waals surface area contributed by atoms with Crippen molar-refractivity contribution < 1.29 is 9.90 Å². The summed E-state index contributed by atoms with van der Waals surface area (Å²) >= 11 is 0. The smallest absolute Gasteiger partial charge is 0.309 e. The lowest BCUT2D eigenvalue weighted by molar-refractivity contribution is -0.150. The number of hydrogen-bond acceptors (Lipinski definition) is 1. The van der Waals surface area contributed by atoms with Crippen molar-refractivity contribution in [1.29, 1.82) is 0 Å². The third-order valence-corrected chi connectivity index (χ3v) is 3.87. The summed E-state index contributed by atoms with van der Waals surface area (Å²) in [6, 6.07) is 0. The Morgan fingerprint density at radius 3 is 2.00 bits per heavy atom. The van der Waals surface area contributed by atoms with Crippen molar-refractivity contribution in [3.05, 3.63) is 0 Å². The third kappa shape index (κ3) is 3.80. The second-order valence-electron chi connectivity index (χ2n) is 6.56. The second-order valence-corrected chi connectivity index (χ2v) is 6.56. The maximum atomic E-state index is 11.5. The largest absolute Gasteiger partial charge is 0.481 e. The molecule has 94 valence electrons. The molecule has 0 amide bonds. The molecule has 2 nitrogen and oxygen atoms in total. The average molecular weight is 226 g/mol. The van der Waals surface area contributed by atoms with Gasteiger partial charge in [0.05, 0.1) is 5.41 Å². The Morgan fingerprint density at radius 2 is 1.62 bits per heavy atom. The quantitative estimate of drug-likeness (QED) is 0.731. The molecule has 1 rings (SSSR count). The molecular formula is C14H26O2. The van der Waals surface area contributed by atoms with E-state index in [4.69, 9.17) is 0 Å². The van der Waals surface area contributed by atoms with E-state index in [0.29, 0.717) is 0 Å². The Morgan fingerprint density at radius 1 is 1.12 bits per heavy atom. The van der Waals surface area contributed by atoms with Crippen molar-refractivity contribution in [1.82, 2.24) is 0 Å². The summed E-state index contributed by atoms with van der Waals surface area (Å²) in [5.74, 6) is -0.557. The van der Waals surface area contributed by atoms with E-state index in [2.05, 4.69) is 20.8 Å². The Bertz CT molecular complexity index is 230. The maximum absolute atomic E-state index is 11.5. The zero-order valence-corrected chi connectivity index (χ0v) is 11.0. The Hall–Kier alpha value is -0.530. The molecule has 0 radical (unpaired) electrons. The number of rotatable bonds is 3. The van der Waals surface area contributed by atoms with E-state index in [-0.39, 0.29) is 5.41 Å². The molecule has 2 heteroatoms. The summed E-state index contributed by atoms with van der Waals surface area (Å²) in [5, 5.41) is 9.51. The molecule has 0 heterocycles. The standard InChI is InChI=1S/C14H26O2/c1-13(2,3)10-11-14(12(15)16)8-6-4-5-7-9-14/h4-11H2,1-3H3,(H,15,16). The van der Waals surface area contributed by atoms with Gasteiger partial charge in [-0.3, -0.25) is 4.79 Å². The SMILES string of the molecule is CC(C)(C)CCC1(C(=O)O)CCCCCC1. The zero-order chi connectivity index (χ0) is 12.2. The number of carboxylic acids is 1. The van der Waals surface area contributed by atoms with Crippen LogP contribution in [0.1, 0.15) is 72.1 Å². The minimum absolute atomic E-state index is 0.245. The highest BCUT2D eigenvalue weighted by atomic mass is 16.4. The summed E-state index contributed by atoms with van der Waals surface area (Å²) < 4.78 is 0. The number of aliphatic carboxylic acids is 1. The van der Waals surface area contributed by atoms with Crippen LogP contribution in [-0.2, 0) is 4.79 Å². The van der Waals surface area contributed by atoms with Crippen molar-refractivity contribution in [3.8, 4) is 0 Å². The summed E-state index contributed by atoms with van der Waals surface area (Å²) in [5.41, 5.74) is -0.168. The van der Waals surface area contributed by atoms with Crippen LogP contribution >= 0.6 is 0 Å². The maximum Gasteiger partial charge on any atom is 0.309 e. The van der Waals surface area contributed by atoms with Gasteiger partial charge in [-0.25, -0.2) is 0 Å².